The Morgan fingerprint density at radius 3 is 2.83 bits per heavy atom. The maximum absolute atomic E-state index is 5.25. The topological polar surface area (TPSA) is 34.2 Å². The van der Waals surface area contributed by atoms with E-state index in [0.29, 0.717) is 17.1 Å². The maximum atomic E-state index is 5.25. The van der Waals surface area contributed by atoms with Gasteiger partial charge in [-0.3, -0.25) is 0 Å². The number of hydrogen-bond acceptors (Lipinski definition) is 6. The zero-order valence-electron chi connectivity index (χ0n) is 11.1. The Hall–Kier alpha value is 0.250. The van der Waals surface area contributed by atoms with Crippen molar-refractivity contribution in [2.45, 2.75) is 30.6 Å². The van der Waals surface area contributed by atoms with Crippen molar-refractivity contribution < 1.29 is 4.74 Å². The summed E-state index contributed by atoms with van der Waals surface area (Å²) < 4.78 is 5.25. The molecule has 2 unspecified atom stereocenters. The number of thiazole rings is 1. The Morgan fingerprint density at radius 2 is 2.17 bits per heavy atom. The second-order valence-electron chi connectivity index (χ2n) is 4.25. The lowest BCUT2D eigenvalue weighted by molar-refractivity contribution is 0.181. The molecule has 1 N–H and O–H groups in total. The summed E-state index contributed by atoms with van der Waals surface area (Å²) in [6.45, 7) is 3.82. The Balaban J connectivity index is 2.18. The quantitative estimate of drug-likeness (QED) is 0.904. The van der Waals surface area contributed by atoms with Crippen LogP contribution in [0.4, 0.5) is 0 Å². The van der Waals surface area contributed by atoms with Gasteiger partial charge in [-0.05, 0) is 7.05 Å². The third-order valence-electron chi connectivity index (χ3n) is 2.84. The fraction of sp³-hybridized carbons (Fsp3) is 0.750. The molecule has 0 spiro atoms. The minimum absolute atomic E-state index is 0.551. The SMILES string of the molecule is CNCc1sc(C2SCCSC2C)nc1COC. The van der Waals surface area contributed by atoms with E-state index in [1.54, 1.807) is 7.11 Å². The number of hydrogen-bond donors (Lipinski definition) is 1. The number of nitrogens with one attached hydrogen (secondary N) is 1. The van der Waals surface area contributed by atoms with Gasteiger partial charge < -0.3 is 10.1 Å². The van der Waals surface area contributed by atoms with Crippen molar-refractivity contribution in [1.82, 2.24) is 10.3 Å². The smallest absolute Gasteiger partial charge is 0.107 e. The van der Waals surface area contributed by atoms with Gasteiger partial charge in [0.05, 0.1) is 17.6 Å². The number of ether oxygens (including phenoxy) is 1. The van der Waals surface area contributed by atoms with Crippen molar-refractivity contribution in [1.29, 1.82) is 0 Å². The highest BCUT2D eigenvalue weighted by Gasteiger charge is 2.27. The Bertz CT molecular complexity index is 360. The predicted octanol–water partition coefficient (Wildman–Crippen LogP) is 2.92. The molecular formula is C12H20N2OS3. The molecule has 3 nitrogen and oxygen atoms in total. The summed E-state index contributed by atoms with van der Waals surface area (Å²) in [6.07, 6.45) is 0. The van der Waals surface area contributed by atoms with Gasteiger partial charge in [0.1, 0.15) is 5.01 Å². The van der Waals surface area contributed by atoms with Crippen LogP contribution in [0.25, 0.3) is 0 Å². The molecule has 1 fully saturated rings. The van der Waals surface area contributed by atoms with Gasteiger partial charge in [0.15, 0.2) is 0 Å². The van der Waals surface area contributed by atoms with Gasteiger partial charge in [-0.2, -0.15) is 11.8 Å². The molecule has 102 valence electrons. The summed E-state index contributed by atoms with van der Waals surface area (Å²) in [5, 5.41) is 5.70. The van der Waals surface area contributed by atoms with E-state index in [0.717, 1.165) is 12.2 Å². The van der Waals surface area contributed by atoms with Crippen LogP contribution in [0.5, 0.6) is 0 Å². The molecule has 0 radical (unpaired) electrons. The molecule has 1 aromatic rings. The predicted molar refractivity (Wildman–Crippen MR) is 82.7 cm³/mol. The zero-order valence-corrected chi connectivity index (χ0v) is 13.5. The number of thioether (sulfide) groups is 2. The zero-order chi connectivity index (χ0) is 13.0. The van der Waals surface area contributed by atoms with Gasteiger partial charge in [0.25, 0.3) is 0 Å². The molecule has 0 saturated carbocycles. The lowest BCUT2D eigenvalue weighted by atomic mass is 10.3. The van der Waals surface area contributed by atoms with E-state index in [-0.39, 0.29) is 0 Å². The summed E-state index contributed by atoms with van der Waals surface area (Å²) in [5.41, 5.74) is 1.11. The summed E-state index contributed by atoms with van der Waals surface area (Å²) in [6, 6.07) is 0. The summed E-state index contributed by atoms with van der Waals surface area (Å²) >= 11 is 5.96. The van der Waals surface area contributed by atoms with Crippen molar-refractivity contribution in [2.75, 3.05) is 25.7 Å². The normalized spacial score (nSPS) is 24.4. The molecule has 18 heavy (non-hydrogen) atoms. The van der Waals surface area contributed by atoms with Gasteiger partial charge >= 0.3 is 0 Å². The van der Waals surface area contributed by atoms with E-state index in [1.807, 2.05) is 30.1 Å². The van der Waals surface area contributed by atoms with Crippen LogP contribution in [0.2, 0.25) is 0 Å². The van der Waals surface area contributed by atoms with E-state index in [1.165, 1.54) is 21.4 Å². The van der Waals surface area contributed by atoms with Crippen LogP contribution < -0.4 is 5.32 Å². The highest BCUT2D eigenvalue weighted by atomic mass is 32.2. The molecule has 0 aliphatic carbocycles. The molecule has 1 aliphatic rings. The van der Waals surface area contributed by atoms with E-state index < -0.39 is 0 Å². The summed E-state index contributed by atoms with van der Waals surface area (Å²) in [5.74, 6) is 2.50. The van der Waals surface area contributed by atoms with E-state index in [2.05, 4.69) is 24.0 Å². The lowest BCUT2D eigenvalue weighted by Crippen LogP contribution is -2.15. The molecule has 0 amide bonds. The number of aromatic nitrogens is 1. The fourth-order valence-corrected chi connectivity index (χ4v) is 6.22. The molecule has 0 bridgehead atoms. The first-order valence-corrected chi connectivity index (χ1v) is 9.03. The van der Waals surface area contributed by atoms with Crippen molar-refractivity contribution in [3.63, 3.8) is 0 Å². The second-order valence-corrected chi connectivity index (χ2v) is 8.10. The minimum atomic E-state index is 0.551. The van der Waals surface area contributed by atoms with Gasteiger partial charge in [-0.15, -0.1) is 23.1 Å². The van der Waals surface area contributed by atoms with E-state index in [9.17, 15) is 0 Å². The van der Waals surface area contributed by atoms with Crippen LogP contribution in [0.15, 0.2) is 0 Å². The largest absolute Gasteiger partial charge is 0.378 e. The van der Waals surface area contributed by atoms with E-state index >= 15 is 0 Å². The minimum Gasteiger partial charge on any atom is -0.378 e. The second kappa shape index (κ2) is 7.14. The molecule has 1 saturated heterocycles. The summed E-state index contributed by atoms with van der Waals surface area (Å²) in [7, 11) is 3.71. The molecule has 2 atom stereocenters. The van der Waals surface area contributed by atoms with Gasteiger partial charge in [-0.25, -0.2) is 4.98 Å². The van der Waals surface area contributed by atoms with Gasteiger partial charge in [-0.1, -0.05) is 6.92 Å². The average Bonchev–Trinajstić information content (AvgIpc) is 2.74. The van der Waals surface area contributed by atoms with Crippen molar-refractivity contribution >= 4 is 34.9 Å². The van der Waals surface area contributed by atoms with Gasteiger partial charge in [0, 0.05) is 35.3 Å². The van der Waals surface area contributed by atoms with Crippen molar-refractivity contribution in [3.05, 3.63) is 15.6 Å². The van der Waals surface area contributed by atoms with Crippen LogP contribution in [-0.4, -0.2) is 35.9 Å². The third-order valence-corrected chi connectivity index (χ3v) is 7.27. The average molecular weight is 305 g/mol. The maximum Gasteiger partial charge on any atom is 0.107 e. The number of nitrogens with zero attached hydrogens (tertiary/aromatic N) is 1. The van der Waals surface area contributed by atoms with Gasteiger partial charge in [0.2, 0.25) is 0 Å². The van der Waals surface area contributed by atoms with Crippen LogP contribution in [0.1, 0.15) is 27.8 Å². The first-order chi connectivity index (χ1) is 8.76. The van der Waals surface area contributed by atoms with Crippen molar-refractivity contribution in [3.8, 4) is 0 Å². The molecule has 0 aromatic carbocycles. The third kappa shape index (κ3) is 3.42. The molecule has 1 aromatic heterocycles. The molecule has 2 heterocycles. The van der Waals surface area contributed by atoms with Crippen LogP contribution in [-0.2, 0) is 17.9 Å². The molecular weight excluding hydrogens is 284 g/mol. The van der Waals surface area contributed by atoms with Crippen molar-refractivity contribution in [2.24, 2.45) is 0 Å². The lowest BCUT2D eigenvalue weighted by Gasteiger charge is -2.25. The van der Waals surface area contributed by atoms with E-state index in [4.69, 9.17) is 9.72 Å². The van der Waals surface area contributed by atoms with Crippen LogP contribution >= 0.6 is 34.9 Å². The molecule has 1 aliphatic heterocycles. The molecule has 6 heteroatoms. The highest BCUT2D eigenvalue weighted by molar-refractivity contribution is 8.06. The monoisotopic (exact) mass is 304 g/mol. The molecule has 2 rings (SSSR count). The fourth-order valence-electron chi connectivity index (χ4n) is 1.98. The first-order valence-electron chi connectivity index (χ1n) is 6.11. The highest BCUT2D eigenvalue weighted by Crippen LogP contribution is 2.44. The Morgan fingerprint density at radius 1 is 1.39 bits per heavy atom. The first kappa shape index (κ1) is 14.7. The standard InChI is InChI=1S/C12H20N2OS3/c1-8-11(17-5-4-16-8)12-14-9(7-15-3)10(18-12)6-13-2/h8,11,13H,4-7H2,1-3H3. The van der Waals surface area contributed by atoms with Crippen LogP contribution in [0, 0.1) is 0 Å². The Kier molecular flexibility index (Phi) is 5.82. The number of methoxy groups -OCH3 is 1. The van der Waals surface area contributed by atoms with Crippen LogP contribution in [0.3, 0.4) is 0 Å². The Labute approximate surface area is 121 Å². The number of rotatable bonds is 5. The summed E-state index contributed by atoms with van der Waals surface area (Å²) in [4.78, 5) is 6.13.